The van der Waals surface area contributed by atoms with Gasteiger partial charge >= 0.3 is 0 Å². The van der Waals surface area contributed by atoms with E-state index < -0.39 is 12.5 Å². The summed E-state index contributed by atoms with van der Waals surface area (Å²) in [6, 6.07) is 3.77. The lowest BCUT2D eigenvalue weighted by atomic mass is 10.3. The van der Waals surface area contributed by atoms with Crippen LogP contribution in [0.5, 0.6) is 5.75 Å². The molecule has 0 aliphatic rings. The van der Waals surface area contributed by atoms with Gasteiger partial charge in [-0.05, 0) is 6.07 Å². The van der Waals surface area contributed by atoms with Crippen LogP contribution >= 0.6 is 0 Å². The van der Waals surface area contributed by atoms with Crippen LogP contribution in [0.4, 0.5) is 14.5 Å². The van der Waals surface area contributed by atoms with Crippen molar-refractivity contribution in [3.63, 3.8) is 0 Å². The van der Waals surface area contributed by atoms with E-state index in [4.69, 9.17) is 10.5 Å². The molecule has 0 radical (unpaired) electrons. The van der Waals surface area contributed by atoms with Crippen molar-refractivity contribution in [3.05, 3.63) is 24.0 Å². The molecule has 0 fully saturated rings. The number of benzene rings is 1. The summed E-state index contributed by atoms with van der Waals surface area (Å²) in [4.78, 5) is 0. The fraction of sp³-hybridized carbons (Fsp3) is 0.250. The summed E-state index contributed by atoms with van der Waals surface area (Å²) >= 11 is 0. The lowest BCUT2D eigenvalue weighted by Gasteiger charge is -2.03. The van der Waals surface area contributed by atoms with Crippen molar-refractivity contribution in [2.45, 2.75) is 0 Å². The summed E-state index contributed by atoms with van der Waals surface area (Å²) in [7, 11) is 0. The summed E-state index contributed by atoms with van der Waals surface area (Å²) in [5.41, 5.74) is 5.58. The molecule has 2 nitrogen and oxygen atoms in total. The maximum absolute atomic E-state index is 12.6. The smallest absolute Gasteiger partial charge is 0.128 e. The third-order valence-corrected chi connectivity index (χ3v) is 1.24. The lowest BCUT2D eigenvalue weighted by molar-refractivity contribution is 0.272. The van der Waals surface area contributed by atoms with Crippen LogP contribution in [0, 0.1) is 5.82 Å². The Kier molecular flexibility index (Phi) is 2.85. The van der Waals surface area contributed by atoms with E-state index in [-0.39, 0.29) is 18.0 Å². The topological polar surface area (TPSA) is 35.2 Å². The Hall–Kier alpha value is -1.32. The number of hydrogen-bond donors (Lipinski definition) is 1. The van der Waals surface area contributed by atoms with Crippen LogP contribution in [-0.4, -0.2) is 13.3 Å². The van der Waals surface area contributed by atoms with E-state index in [1.54, 1.807) is 0 Å². The van der Waals surface area contributed by atoms with Gasteiger partial charge in [0.1, 0.15) is 24.8 Å². The van der Waals surface area contributed by atoms with Crippen LogP contribution in [0.15, 0.2) is 18.2 Å². The van der Waals surface area contributed by atoms with Gasteiger partial charge in [0.25, 0.3) is 0 Å². The van der Waals surface area contributed by atoms with Crippen molar-refractivity contribution in [2.24, 2.45) is 0 Å². The van der Waals surface area contributed by atoms with Crippen molar-refractivity contribution in [3.8, 4) is 5.75 Å². The molecule has 66 valence electrons. The molecule has 0 heterocycles. The van der Waals surface area contributed by atoms with Crippen LogP contribution < -0.4 is 10.5 Å². The highest BCUT2D eigenvalue weighted by Crippen LogP contribution is 2.17. The van der Waals surface area contributed by atoms with Crippen LogP contribution in [0.25, 0.3) is 0 Å². The zero-order valence-electron chi connectivity index (χ0n) is 6.39. The molecule has 0 aliphatic carbocycles. The second kappa shape index (κ2) is 3.90. The first-order valence-corrected chi connectivity index (χ1v) is 3.47. The van der Waals surface area contributed by atoms with Crippen LogP contribution in [-0.2, 0) is 0 Å². The summed E-state index contributed by atoms with van der Waals surface area (Å²) < 4.78 is 29.1. The van der Waals surface area contributed by atoms with Crippen LogP contribution in [0.1, 0.15) is 0 Å². The number of alkyl halides is 1. The Bertz CT molecular complexity index is 245. The molecule has 12 heavy (non-hydrogen) atoms. The van der Waals surface area contributed by atoms with Gasteiger partial charge in [0.15, 0.2) is 0 Å². The minimum atomic E-state index is -0.601. The van der Waals surface area contributed by atoms with E-state index in [1.807, 2.05) is 0 Å². The Morgan fingerprint density at radius 3 is 2.67 bits per heavy atom. The molecule has 0 bridgehead atoms. The predicted octanol–water partition coefficient (Wildman–Crippen LogP) is 1.76. The van der Waals surface area contributed by atoms with Gasteiger partial charge in [-0.2, -0.15) is 0 Å². The fourth-order valence-corrected chi connectivity index (χ4v) is 0.824. The zero-order chi connectivity index (χ0) is 8.97. The number of rotatable bonds is 3. The third kappa shape index (κ3) is 2.38. The SMILES string of the molecule is Nc1cc(F)cc(OCCF)c1. The molecule has 1 aromatic carbocycles. The molecular formula is C8H9F2NO. The summed E-state index contributed by atoms with van der Waals surface area (Å²) in [5.74, 6) is -0.228. The number of nitrogens with two attached hydrogens (primary N) is 1. The van der Waals surface area contributed by atoms with E-state index >= 15 is 0 Å². The van der Waals surface area contributed by atoms with Gasteiger partial charge in [0, 0.05) is 17.8 Å². The summed E-state index contributed by atoms with van der Waals surface area (Å²) in [5, 5.41) is 0. The summed E-state index contributed by atoms with van der Waals surface area (Å²) in [6.45, 7) is -0.681. The van der Waals surface area contributed by atoms with Gasteiger partial charge in [-0.1, -0.05) is 0 Å². The minimum Gasteiger partial charge on any atom is -0.491 e. The second-order valence-corrected chi connectivity index (χ2v) is 2.26. The molecular weight excluding hydrogens is 164 g/mol. The Morgan fingerprint density at radius 1 is 1.33 bits per heavy atom. The second-order valence-electron chi connectivity index (χ2n) is 2.26. The van der Waals surface area contributed by atoms with E-state index in [0.717, 1.165) is 6.07 Å². The molecule has 0 aromatic heterocycles. The van der Waals surface area contributed by atoms with E-state index in [2.05, 4.69) is 0 Å². The molecule has 0 unspecified atom stereocenters. The monoisotopic (exact) mass is 173 g/mol. The first-order chi connectivity index (χ1) is 5.72. The minimum absolute atomic E-state index is 0.0805. The quantitative estimate of drug-likeness (QED) is 0.707. The van der Waals surface area contributed by atoms with Gasteiger partial charge < -0.3 is 10.5 Å². The molecule has 0 saturated heterocycles. The van der Waals surface area contributed by atoms with Crippen molar-refractivity contribution in [1.29, 1.82) is 0 Å². The van der Waals surface area contributed by atoms with Crippen molar-refractivity contribution in [2.75, 3.05) is 19.0 Å². The van der Waals surface area contributed by atoms with Gasteiger partial charge in [-0.15, -0.1) is 0 Å². The Labute approximate surface area is 68.9 Å². The van der Waals surface area contributed by atoms with E-state index in [1.165, 1.54) is 12.1 Å². The lowest BCUT2D eigenvalue weighted by Crippen LogP contribution is -1.99. The third-order valence-electron chi connectivity index (χ3n) is 1.24. The van der Waals surface area contributed by atoms with Crippen molar-refractivity contribution >= 4 is 5.69 Å². The molecule has 0 aliphatic heterocycles. The van der Waals surface area contributed by atoms with Crippen LogP contribution in [0.2, 0.25) is 0 Å². The molecule has 0 amide bonds. The van der Waals surface area contributed by atoms with E-state index in [9.17, 15) is 8.78 Å². The summed E-state index contributed by atoms with van der Waals surface area (Å²) in [6.07, 6.45) is 0. The first-order valence-electron chi connectivity index (χ1n) is 3.47. The fourth-order valence-electron chi connectivity index (χ4n) is 0.824. The number of halogens is 2. The average Bonchev–Trinajstić information content (AvgIpc) is 1.99. The first kappa shape index (κ1) is 8.77. The molecule has 1 rings (SSSR count). The molecule has 0 saturated carbocycles. The maximum atomic E-state index is 12.6. The predicted molar refractivity (Wildman–Crippen MR) is 42.3 cm³/mol. The van der Waals surface area contributed by atoms with Gasteiger partial charge in [0.2, 0.25) is 0 Å². The van der Waals surface area contributed by atoms with Gasteiger partial charge in [-0.3, -0.25) is 0 Å². The van der Waals surface area contributed by atoms with Crippen molar-refractivity contribution < 1.29 is 13.5 Å². The Morgan fingerprint density at radius 2 is 2.08 bits per heavy atom. The highest BCUT2D eigenvalue weighted by Gasteiger charge is 1.98. The van der Waals surface area contributed by atoms with Crippen LogP contribution in [0.3, 0.4) is 0 Å². The number of anilines is 1. The number of nitrogen functional groups attached to an aromatic ring is 1. The highest BCUT2D eigenvalue weighted by molar-refractivity contribution is 5.44. The van der Waals surface area contributed by atoms with E-state index in [0.29, 0.717) is 0 Å². The zero-order valence-corrected chi connectivity index (χ0v) is 6.39. The molecule has 1 aromatic rings. The normalized spacial score (nSPS) is 9.83. The standard InChI is InChI=1S/C8H9F2NO/c9-1-2-12-8-4-6(10)3-7(11)5-8/h3-5H,1-2,11H2. The van der Waals surface area contributed by atoms with Crippen molar-refractivity contribution in [1.82, 2.24) is 0 Å². The van der Waals surface area contributed by atoms with Gasteiger partial charge in [-0.25, -0.2) is 8.78 Å². The average molecular weight is 173 g/mol. The molecule has 4 heteroatoms. The molecule has 2 N–H and O–H groups in total. The maximum Gasteiger partial charge on any atom is 0.128 e. The highest BCUT2D eigenvalue weighted by atomic mass is 19.1. The largest absolute Gasteiger partial charge is 0.491 e. The molecule has 0 atom stereocenters. The number of ether oxygens (including phenoxy) is 1. The number of hydrogen-bond acceptors (Lipinski definition) is 2. The van der Waals surface area contributed by atoms with Gasteiger partial charge in [0.05, 0.1) is 0 Å². The molecule has 0 spiro atoms. The Balaban J connectivity index is 2.72.